The topological polar surface area (TPSA) is 35.0 Å². The van der Waals surface area contributed by atoms with Crippen molar-refractivity contribution in [2.45, 2.75) is 0 Å². The molecule has 2 aromatic rings. The predicted molar refractivity (Wildman–Crippen MR) is 51.9 cm³/mol. The summed E-state index contributed by atoms with van der Waals surface area (Å²) in [6.45, 7) is 0. The summed E-state index contributed by atoms with van der Waals surface area (Å²) < 4.78 is 4.96. The Bertz CT molecular complexity index is 369. The van der Waals surface area contributed by atoms with Crippen LogP contribution in [0.25, 0.3) is 10.6 Å². The van der Waals surface area contributed by atoms with E-state index in [-0.39, 0.29) is 0 Å². The number of hydrogen-bond donors (Lipinski definition) is 0. The Morgan fingerprint density at radius 1 is 1.31 bits per heavy atom. The van der Waals surface area contributed by atoms with Crippen molar-refractivity contribution in [1.82, 2.24) is 9.97 Å². The third kappa shape index (κ3) is 1.67. The van der Waals surface area contributed by atoms with Crippen molar-refractivity contribution in [2.75, 3.05) is 7.11 Å². The highest BCUT2D eigenvalue weighted by Gasteiger charge is 2.00. The second-order valence-corrected chi connectivity index (χ2v) is 3.32. The fourth-order valence-corrected chi connectivity index (χ4v) is 1.62. The minimum Gasteiger partial charge on any atom is -0.481 e. The molecule has 0 bridgehead atoms. The summed E-state index contributed by atoms with van der Waals surface area (Å²) in [7, 11) is 1.60. The quantitative estimate of drug-likeness (QED) is 0.731. The van der Waals surface area contributed by atoms with E-state index >= 15 is 0 Å². The number of pyridine rings is 1. The van der Waals surface area contributed by atoms with Gasteiger partial charge in [-0.3, -0.25) is 0 Å². The van der Waals surface area contributed by atoms with Crippen LogP contribution in [0.3, 0.4) is 0 Å². The van der Waals surface area contributed by atoms with Gasteiger partial charge in [0.15, 0.2) is 0 Å². The maximum atomic E-state index is 4.96. The van der Waals surface area contributed by atoms with Crippen molar-refractivity contribution in [1.29, 1.82) is 0 Å². The fraction of sp³-hybridized carbons (Fsp3) is 0.111. The predicted octanol–water partition coefficient (Wildman–Crippen LogP) is 2.21. The molecule has 2 rings (SSSR count). The molecule has 0 radical (unpaired) electrons. The minimum atomic E-state index is 0.625. The molecule has 0 saturated carbocycles. The van der Waals surface area contributed by atoms with E-state index in [1.807, 2.05) is 17.5 Å². The van der Waals surface area contributed by atoms with Crippen LogP contribution in [-0.2, 0) is 0 Å². The minimum absolute atomic E-state index is 0.625. The Hall–Kier alpha value is -1.42. The lowest BCUT2D eigenvalue weighted by molar-refractivity contribution is 0.398. The van der Waals surface area contributed by atoms with Crippen LogP contribution in [0.2, 0.25) is 0 Å². The zero-order valence-corrected chi connectivity index (χ0v) is 7.91. The summed E-state index contributed by atoms with van der Waals surface area (Å²) in [4.78, 5) is 8.28. The van der Waals surface area contributed by atoms with Crippen LogP contribution in [0.4, 0.5) is 0 Å². The Balaban J connectivity index is 2.33. The van der Waals surface area contributed by atoms with Crippen LogP contribution in [0.1, 0.15) is 0 Å². The number of rotatable bonds is 2. The maximum Gasteiger partial charge on any atom is 0.212 e. The summed E-state index contributed by atoms with van der Waals surface area (Å²) in [5.74, 6) is 0.625. The SMILES string of the molecule is COc1ccc(-c2nccs2)cn1. The maximum absolute atomic E-state index is 4.96. The van der Waals surface area contributed by atoms with Gasteiger partial charge in [-0.25, -0.2) is 9.97 Å². The van der Waals surface area contributed by atoms with Crippen molar-refractivity contribution in [3.8, 4) is 16.5 Å². The van der Waals surface area contributed by atoms with Crippen molar-refractivity contribution >= 4 is 11.3 Å². The molecule has 0 aliphatic carbocycles. The summed E-state index contributed by atoms with van der Waals surface area (Å²) in [6.07, 6.45) is 3.54. The second-order valence-electron chi connectivity index (χ2n) is 2.43. The first-order valence-corrected chi connectivity index (χ1v) is 4.68. The first kappa shape index (κ1) is 8.19. The van der Waals surface area contributed by atoms with Crippen molar-refractivity contribution < 1.29 is 4.74 Å². The van der Waals surface area contributed by atoms with Crippen LogP contribution >= 0.6 is 11.3 Å². The lowest BCUT2D eigenvalue weighted by Gasteiger charge is -1.98. The number of ether oxygens (including phenoxy) is 1. The lowest BCUT2D eigenvalue weighted by atomic mass is 10.3. The van der Waals surface area contributed by atoms with E-state index in [0.29, 0.717) is 5.88 Å². The number of methoxy groups -OCH3 is 1. The largest absolute Gasteiger partial charge is 0.481 e. The average Bonchev–Trinajstić information content (AvgIpc) is 2.71. The van der Waals surface area contributed by atoms with E-state index < -0.39 is 0 Å². The van der Waals surface area contributed by atoms with Crippen LogP contribution in [-0.4, -0.2) is 17.1 Å². The number of aromatic nitrogens is 2. The molecule has 3 nitrogen and oxygen atoms in total. The molecule has 2 heterocycles. The van der Waals surface area contributed by atoms with Crippen molar-refractivity contribution in [3.63, 3.8) is 0 Å². The molecule has 0 amide bonds. The van der Waals surface area contributed by atoms with E-state index in [4.69, 9.17) is 4.74 Å². The highest BCUT2D eigenvalue weighted by molar-refractivity contribution is 7.13. The third-order valence-electron chi connectivity index (χ3n) is 1.62. The molecule has 0 saturated heterocycles. The van der Waals surface area contributed by atoms with Crippen LogP contribution in [0.15, 0.2) is 29.9 Å². The summed E-state index contributed by atoms with van der Waals surface area (Å²) >= 11 is 1.60. The monoisotopic (exact) mass is 192 g/mol. The molecule has 0 spiro atoms. The number of hydrogen-bond acceptors (Lipinski definition) is 4. The lowest BCUT2D eigenvalue weighted by Crippen LogP contribution is -1.86. The number of nitrogens with zero attached hydrogens (tertiary/aromatic N) is 2. The molecular formula is C9H8N2OS. The van der Waals surface area contributed by atoms with E-state index in [0.717, 1.165) is 10.6 Å². The second kappa shape index (κ2) is 3.53. The van der Waals surface area contributed by atoms with Crippen LogP contribution in [0, 0.1) is 0 Å². The molecule has 0 atom stereocenters. The van der Waals surface area contributed by atoms with Gasteiger partial charge in [-0.2, -0.15) is 0 Å². The van der Waals surface area contributed by atoms with Crippen LogP contribution in [0.5, 0.6) is 5.88 Å². The third-order valence-corrected chi connectivity index (χ3v) is 2.45. The van der Waals surface area contributed by atoms with Gasteiger partial charge in [0.25, 0.3) is 0 Å². The summed E-state index contributed by atoms with van der Waals surface area (Å²) in [5, 5.41) is 2.93. The van der Waals surface area contributed by atoms with Crippen molar-refractivity contribution in [3.05, 3.63) is 29.9 Å². The van der Waals surface area contributed by atoms with Gasteiger partial charge in [-0.15, -0.1) is 11.3 Å². The molecule has 4 heteroatoms. The smallest absolute Gasteiger partial charge is 0.212 e. The zero-order chi connectivity index (χ0) is 9.10. The van der Waals surface area contributed by atoms with Gasteiger partial charge in [0, 0.05) is 29.4 Å². The number of thiazole rings is 1. The molecule has 0 unspecified atom stereocenters. The van der Waals surface area contributed by atoms with Gasteiger partial charge < -0.3 is 4.74 Å². The van der Waals surface area contributed by atoms with Gasteiger partial charge in [0.05, 0.1) is 7.11 Å². The Morgan fingerprint density at radius 2 is 2.23 bits per heavy atom. The zero-order valence-electron chi connectivity index (χ0n) is 7.10. The van der Waals surface area contributed by atoms with Gasteiger partial charge >= 0.3 is 0 Å². The van der Waals surface area contributed by atoms with Gasteiger partial charge in [-0.1, -0.05) is 0 Å². The molecule has 13 heavy (non-hydrogen) atoms. The van der Waals surface area contributed by atoms with E-state index in [9.17, 15) is 0 Å². The first-order valence-electron chi connectivity index (χ1n) is 3.80. The molecule has 0 fully saturated rings. The normalized spacial score (nSPS) is 9.92. The Morgan fingerprint density at radius 3 is 2.77 bits per heavy atom. The molecule has 0 N–H and O–H groups in total. The summed E-state index contributed by atoms with van der Waals surface area (Å²) in [5.41, 5.74) is 1.02. The van der Waals surface area contributed by atoms with Crippen LogP contribution < -0.4 is 4.74 Å². The fourth-order valence-electron chi connectivity index (χ4n) is 0.994. The average molecular weight is 192 g/mol. The van der Waals surface area contributed by atoms with Gasteiger partial charge in [-0.05, 0) is 6.07 Å². The molecular weight excluding hydrogens is 184 g/mol. The molecule has 0 aliphatic rings. The van der Waals surface area contributed by atoms with E-state index in [1.54, 1.807) is 30.8 Å². The molecule has 0 aliphatic heterocycles. The Labute approximate surface area is 80.0 Å². The highest BCUT2D eigenvalue weighted by atomic mass is 32.1. The standard InChI is InChI=1S/C9H8N2OS/c1-12-8-3-2-7(6-11-8)9-10-4-5-13-9/h2-6H,1H3. The van der Waals surface area contributed by atoms with Crippen molar-refractivity contribution in [2.24, 2.45) is 0 Å². The summed E-state index contributed by atoms with van der Waals surface area (Å²) in [6, 6.07) is 3.78. The van der Waals surface area contributed by atoms with E-state index in [2.05, 4.69) is 9.97 Å². The van der Waals surface area contributed by atoms with E-state index in [1.165, 1.54) is 0 Å². The molecule has 66 valence electrons. The Kier molecular flexibility index (Phi) is 2.23. The molecule has 0 aromatic carbocycles. The highest BCUT2D eigenvalue weighted by Crippen LogP contribution is 2.21. The molecule has 2 aromatic heterocycles. The first-order chi connectivity index (χ1) is 6.40. The van der Waals surface area contributed by atoms with Gasteiger partial charge in [0.2, 0.25) is 5.88 Å². The van der Waals surface area contributed by atoms with Gasteiger partial charge in [0.1, 0.15) is 5.01 Å².